The number of nitrogens with zero attached hydrogens (tertiary/aromatic N) is 1. The fraction of sp³-hybridized carbons (Fsp3) is 0.304. The number of benzene rings is 2. The minimum absolute atomic E-state index is 0.0593. The first-order valence-corrected chi connectivity index (χ1v) is 9.20. The van der Waals surface area contributed by atoms with Crippen molar-refractivity contribution in [1.82, 2.24) is 0 Å². The van der Waals surface area contributed by atoms with Crippen LogP contribution in [-0.2, 0) is 9.59 Å². The third-order valence-electron chi connectivity index (χ3n) is 4.88. The van der Waals surface area contributed by atoms with Gasteiger partial charge in [0.15, 0.2) is 11.5 Å². The Kier molecular flexibility index (Phi) is 4.79. The topological polar surface area (TPSA) is 77.8 Å². The van der Waals surface area contributed by atoms with E-state index in [1.807, 2.05) is 38.1 Å². The molecule has 2 aromatic carbocycles. The third kappa shape index (κ3) is 3.28. The van der Waals surface area contributed by atoms with Crippen LogP contribution in [0.4, 0.5) is 5.69 Å². The smallest absolute Gasteiger partial charge is 0.294 e. The highest BCUT2D eigenvalue weighted by Crippen LogP contribution is 2.45. The van der Waals surface area contributed by atoms with E-state index < -0.39 is 23.1 Å². The minimum atomic E-state index is -0.813. The van der Waals surface area contributed by atoms with Crippen molar-refractivity contribution in [1.29, 1.82) is 0 Å². The average Bonchev–Trinajstić information content (AvgIpc) is 2.87. The molecule has 0 aliphatic carbocycles. The maximum Gasteiger partial charge on any atom is 0.294 e. The van der Waals surface area contributed by atoms with Gasteiger partial charge in [0, 0.05) is 5.41 Å². The first-order valence-electron chi connectivity index (χ1n) is 9.20. The molecule has 1 aliphatic heterocycles. The molecule has 3 rings (SSSR count). The van der Waals surface area contributed by atoms with Gasteiger partial charge in [-0.25, -0.2) is 0 Å². The summed E-state index contributed by atoms with van der Waals surface area (Å²) in [6.07, 6.45) is 0. The molecule has 2 N–H and O–H groups in total. The Morgan fingerprint density at radius 1 is 1.00 bits per heavy atom. The number of phenols is 1. The summed E-state index contributed by atoms with van der Waals surface area (Å²) in [7, 11) is 0. The van der Waals surface area contributed by atoms with E-state index in [9.17, 15) is 19.8 Å². The number of rotatable bonds is 3. The van der Waals surface area contributed by atoms with Crippen molar-refractivity contribution in [3.05, 3.63) is 70.5 Å². The van der Waals surface area contributed by atoms with Crippen molar-refractivity contribution >= 4 is 17.4 Å². The van der Waals surface area contributed by atoms with E-state index in [0.29, 0.717) is 5.56 Å². The summed E-state index contributed by atoms with van der Waals surface area (Å²) in [5, 5.41) is 21.1. The molecule has 1 amide bonds. The molecule has 1 unspecified atom stereocenters. The van der Waals surface area contributed by atoms with Crippen LogP contribution in [-0.4, -0.2) is 21.9 Å². The molecule has 1 heterocycles. The molecular formula is C23H25NO4. The second kappa shape index (κ2) is 6.82. The van der Waals surface area contributed by atoms with Crippen molar-refractivity contribution in [3.8, 4) is 5.75 Å². The van der Waals surface area contributed by atoms with Crippen molar-refractivity contribution in [2.24, 2.45) is 5.41 Å². The molecule has 5 nitrogen and oxygen atoms in total. The number of ketones is 1. The number of hydrogen-bond donors (Lipinski definition) is 2. The quantitative estimate of drug-likeness (QED) is 0.822. The number of carbonyl (C=O) groups excluding carboxylic acids is 2. The highest BCUT2D eigenvalue weighted by molar-refractivity contribution is 6.17. The highest BCUT2D eigenvalue weighted by atomic mass is 16.3. The van der Waals surface area contributed by atoms with Gasteiger partial charge in [0.05, 0.1) is 17.3 Å². The zero-order chi connectivity index (χ0) is 20.8. The maximum absolute atomic E-state index is 13.2. The average molecular weight is 379 g/mol. The van der Waals surface area contributed by atoms with Crippen molar-refractivity contribution in [2.45, 2.75) is 40.7 Å². The maximum atomic E-state index is 13.2. The van der Waals surface area contributed by atoms with Crippen LogP contribution in [0.5, 0.6) is 5.75 Å². The molecule has 0 spiro atoms. The van der Waals surface area contributed by atoms with Gasteiger partial charge < -0.3 is 10.2 Å². The summed E-state index contributed by atoms with van der Waals surface area (Å²) < 4.78 is 0. The summed E-state index contributed by atoms with van der Waals surface area (Å²) in [5.41, 5.74) is 2.05. The molecule has 1 atom stereocenters. The van der Waals surface area contributed by atoms with Crippen LogP contribution >= 0.6 is 0 Å². The SMILES string of the molecule is Cc1cccc(C2C(C(=O)C(C)(C)C)=C(O)C(=O)N2c2cc(C)ccc2O)c1. The molecule has 146 valence electrons. The van der Waals surface area contributed by atoms with Gasteiger partial charge in [-0.05, 0) is 37.1 Å². The lowest BCUT2D eigenvalue weighted by Gasteiger charge is -2.29. The molecule has 0 aromatic heterocycles. The number of phenolic OH excluding ortho intramolecular Hbond substituents is 1. The Balaban J connectivity index is 2.27. The molecule has 0 saturated carbocycles. The number of aryl methyl sites for hydroxylation is 2. The molecule has 0 radical (unpaired) electrons. The lowest BCUT2D eigenvalue weighted by molar-refractivity contribution is -0.123. The Morgan fingerprint density at radius 3 is 2.25 bits per heavy atom. The largest absolute Gasteiger partial charge is 0.506 e. The molecule has 5 heteroatoms. The number of aliphatic hydroxyl groups is 1. The van der Waals surface area contributed by atoms with Gasteiger partial charge in [-0.1, -0.05) is 56.7 Å². The van der Waals surface area contributed by atoms with Gasteiger partial charge in [-0.2, -0.15) is 0 Å². The summed E-state index contributed by atoms with van der Waals surface area (Å²) in [5.74, 6) is -1.65. The normalized spacial score (nSPS) is 17.4. The number of amides is 1. The number of aromatic hydroxyl groups is 1. The Morgan fingerprint density at radius 2 is 1.64 bits per heavy atom. The fourth-order valence-electron chi connectivity index (χ4n) is 3.47. The lowest BCUT2D eigenvalue weighted by atomic mass is 9.82. The van der Waals surface area contributed by atoms with E-state index in [1.54, 1.807) is 32.9 Å². The van der Waals surface area contributed by atoms with Gasteiger partial charge >= 0.3 is 0 Å². The van der Waals surface area contributed by atoms with Crippen molar-refractivity contribution in [2.75, 3.05) is 4.90 Å². The van der Waals surface area contributed by atoms with Gasteiger partial charge in [0.2, 0.25) is 0 Å². The number of anilines is 1. The van der Waals surface area contributed by atoms with E-state index >= 15 is 0 Å². The predicted octanol–water partition coefficient (Wildman–Crippen LogP) is 4.52. The number of carbonyl (C=O) groups is 2. The molecule has 0 fully saturated rings. The standard InChI is InChI=1S/C23H25NO4/c1-13-7-6-8-15(11-13)19-18(21(27)23(3,4)5)20(26)22(28)24(19)16-12-14(2)9-10-17(16)25/h6-12,19,25-26H,1-5H3. The van der Waals surface area contributed by atoms with Crippen LogP contribution in [0.2, 0.25) is 0 Å². The van der Waals surface area contributed by atoms with Crippen LogP contribution < -0.4 is 4.90 Å². The van der Waals surface area contributed by atoms with Gasteiger partial charge in [0.25, 0.3) is 5.91 Å². The minimum Gasteiger partial charge on any atom is -0.506 e. The summed E-state index contributed by atoms with van der Waals surface area (Å²) in [4.78, 5) is 27.5. The van der Waals surface area contributed by atoms with Crippen LogP contribution in [0.25, 0.3) is 0 Å². The van der Waals surface area contributed by atoms with Crippen molar-refractivity contribution in [3.63, 3.8) is 0 Å². The van der Waals surface area contributed by atoms with Gasteiger partial charge in [-0.15, -0.1) is 0 Å². The Bertz CT molecular complexity index is 998. The van der Waals surface area contributed by atoms with Gasteiger partial charge in [0.1, 0.15) is 5.75 Å². The highest BCUT2D eigenvalue weighted by Gasteiger charge is 2.47. The summed E-state index contributed by atoms with van der Waals surface area (Å²) in [6.45, 7) is 9.02. The second-order valence-corrected chi connectivity index (χ2v) is 8.33. The monoisotopic (exact) mass is 379 g/mol. The first kappa shape index (κ1) is 19.7. The van der Waals surface area contributed by atoms with E-state index in [4.69, 9.17) is 0 Å². The molecule has 0 bridgehead atoms. The lowest BCUT2D eigenvalue weighted by Crippen LogP contribution is -2.33. The summed E-state index contributed by atoms with van der Waals surface area (Å²) >= 11 is 0. The van der Waals surface area contributed by atoms with E-state index in [0.717, 1.165) is 11.1 Å². The predicted molar refractivity (Wildman–Crippen MR) is 108 cm³/mol. The molecule has 1 aliphatic rings. The number of aliphatic hydroxyl groups excluding tert-OH is 1. The van der Waals surface area contributed by atoms with E-state index in [2.05, 4.69) is 0 Å². The van der Waals surface area contributed by atoms with Gasteiger partial charge in [-0.3, -0.25) is 14.5 Å². The number of hydrogen-bond acceptors (Lipinski definition) is 4. The molecule has 2 aromatic rings. The number of Topliss-reactive ketones (excluding diaryl/α,β-unsaturated/α-hetero) is 1. The zero-order valence-electron chi connectivity index (χ0n) is 16.8. The zero-order valence-corrected chi connectivity index (χ0v) is 16.8. The van der Waals surface area contributed by atoms with E-state index in [1.165, 1.54) is 11.0 Å². The van der Waals surface area contributed by atoms with Crippen LogP contribution in [0.3, 0.4) is 0 Å². The third-order valence-corrected chi connectivity index (χ3v) is 4.88. The Hall–Kier alpha value is -3.08. The molecular weight excluding hydrogens is 354 g/mol. The molecule has 28 heavy (non-hydrogen) atoms. The molecule has 0 saturated heterocycles. The fourth-order valence-corrected chi connectivity index (χ4v) is 3.47. The summed E-state index contributed by atoms with van der Waals surface area (Å²) in [6, 6.07) is 11.6. The Labute approximate surface area is 164 Å². The van der Waals surface area contributed by atoms with Crippen molar-refractivity contribution < 1.29 is 19.8 Å². The van der Waals surface area contributed by atoms with Crippen LogP contribution in [0.1, 0.15) is 43.5 Å². The van der Waals surface area contributed by atoms with E-state index in [-0.39, 0.29) is 22.8 Å². The first-order chi connectivity index (χ1) is 13.0. The van der Waals surface area contributed by atoms with Crippen LogP contribution in [0.15, 0.2) is 53.8 Å². The second-order valence-electron chi connectivity index (χ2n) is 8.33. The van der Waals surface area contributed by atoms with Crippen LogP contribution in [0, 0.1) is 19.3 Å².